The largest absolute Gasteiger partial charge is 0.477 e. The highest BCUT2D eigenvalue weighted by molar-refractivity contribution is 8.00. The molecular weight excluding hydrogens is 452 g/mol. The molecule has 0 bridgehead atoms. The number of aliphatic hydroxyl groups is 1. The minimum absolute atomic E-state index is 0.114. The molecule has 0 spiro atoms. The van der Waals surface area contributed by atoms with Crippen LogP contribution < -0.4 is 16.8 Å². The number of aromatic nitrogens is 1. The fourth-order valence-electron chi connectivity index (χ4n) is 3.18. The summed E-state index contributed by atoms with van der Waals surface area (Å²) in [6.07, 6.45) is -1.45. The lowest BCUT2D eigenvalue weighted by Gasteiger charge is -2.61. The molecule has 0 radical (unpaired) electrons. The lowest BCUT2D eigenvalue weighted by atomic mass is 9.96. The number of aliphatic carboxylic acids is 1. The Morgan fingerprint density at radius 2 is 2.19 bits per heavy atom. The van der Waals surface area contributed by atoms with Crippen molar-refractivity contribution in [3.63, 3.8) is 0 Å². The third-order valence-corrected chi connectivity index (χ3v) is 6.62. The Bertz CT molecular complexity index is 979. The number of fused-ring (bicyclic) bond motifs is 1. The number of nitrogens with one attached hydrogen (secondary N) is 1. The van der Waals surface area contributed by atoms with Gasteiger partial charge in [-0.05, 0) is 0 Å². The van der Waals surface area contributed by atoms with Gasteiger partial charge in [0.25, 0.3) is 5.91 Å². The number of carboxylic acids is 1. The molecule has 2 aliphatic rings. The average molecular weight is 473 g/mol. The summed E-state index contributed by atoms with van der Waals surface area (Å²) >= 11 is 2.19. The molecule has 0 aliphatic carbocycles. The van der Waals surface area contributed by atoms with Crippen LogP contribution in [0.1, 0.15) is 12.6 Å². The van der Waals surface area contributed by atoms with E-state index in [4.69, 9.17) is 21.0 Å². The van der Waals surface area contributed by atoms with Crippen molar-refractivity contribution in [1.29, 1.82) is 0 Å². The zero-order valence-corrected chi connectivity index (χ0v) is 18.0. The summed E-state index contributed by atoms with van der Waals surface area (Å²) in [6, 6.07) is -1.05. The number of hydrogen-bond donors (Lipinski definition) is 5. The zero-order chi connectivity index (χ0) is 22.9. The average Bonchev–Trinajstić information content (AvgIpc) is 3.14. The number of anilines is 1. The second-order valence-corrected chi connectivity index (χ2v) is 8.63. The number of carboxylic acid groups (broad SMARTS) is 1. The number of carbonyl (C=O) groups excluding carboxylic acids is 2. The predicted molar refractivity (Wildman–Crippen MR) is 111 cm³/mol. The summed E-state index contributed by atoms with van der Waals surface area (Å²) in [5.41, 5.74) is 11.9. The minimum Gasteiger partial charge on any atom is -0.477 e. The zero-order valence-electron chi connectivity index (χ0n) is 16.4. The number of carbonyl (C=O) groups is 3. The summed E-state index contributed by atoms with van der Waals surface area (Å²) < 4.78 is 4.90. The molecule has 1 aromatic rings. The lowest BCUT2D eigenvalue weighted by Crippen LogP contribution is -2.84. The molecule has 1 amide bonds. The predicted octanol–water partition coefficient (Wildman–Crippen LogP) is -1.54. The topological polar surface area (TPSA) is 203 Å². The van der Waals surface area contributed by atoms with Gasteiger partial charge in [-0.1, -0.05) is 5.16 Å². The molecule has 3 rings (SSSR count). The van der Waals surface area contributed by atoms with Crippen molar-refractivity contribution < 1.29 is 34.2 Å². The minimum atomic E-state index is -1.46. The van der Waals surface area contributed by atoms with E-state index in [-0.39, 0.29) is 40.2 Å². The van der Waals surface area contributed by atoms with Crippen LogP contribution in [-0.2, 0) is 24.0 Å². The van der Waals surface area contributed by atoms with Gasteiger partial charge in [-0.25, -0.2) is 9.78 Å². The lowest BCUT2D eigenvalue weighted by molar-refractivity contribution is -0.165. The van der Waals surface area contributed by atoms with Crippen molar-refractivity contribution in [3.05, 3.63) is 22.3 Å². The molecule has 3 atom stereocenters. The Labute approximate surface area is 184 Å². The van der Waals surface area contributed by atoms with Crippen LogP contribution in [0.2, 0.25) is 0 Å². The summed E-state index contributed by atoms with van der Waals surface area (Å²) in [6.45, 7) is 0.944. The quantitative estimate of drug-likeness (QED) is 0.174. The molecule has 3 unspecified atom stereocenters. The van der Waals surface area contributed by atoms with Gasteiger partial charge in [-0.2, -0.15) is 0 Å². The number of rotatable bonds is 7. The second kappa shape index (κ2) is 8.70. The van der Waals surface area contributed by atoms with Crippen molar-refractivity contribution in [1.82, 2.24) is 15.2 Å². The number of oxime groups is 1. The van der Waals surface area contributed by atoms with E-state index < -0.39 is 35.1 Å². The monoisotopic (exact) mass is 472 g/mol. The molecule has 7 N–H and O–H groups in total. The first kappa shape index (κ1) is 22.8. The van der Waals surface area contributed by atoms with Crippen LogP contribution in [0.15, 0.2) is 21.8 Å². The fourth-order valence-corrected chi connectivity index (χ4v) is 5.05. The fraction of sp³-hybridized carbons (Fsp3) is 0.438. The number of thiazole rings is 1. The van der Waals surface area contributed by atoms with Gasteiger partial charge in [0, 0.05) is 23.6 Å². The third kappa shape index (κ3) is 4.16. The number of hydrogen-bond acceptors (Lipinski definition) is 13. The Balaban J connectivity index is 1.83. The molecule has 168 valence electrons. The van der Waals surface area contributed by atoms with Gasteiger partial charge in [0.2, 0.25) is 0 Å². The molecule has 31 heavy (non-hydrogen) atoms. The van der Waals surface area contributed by atoms with Gasteiger partial charge in [0.1, 0.15) is 31.1 Å². The van der Waals surface area contributed by atoms with Gasteiger partial charge >= 0.3 is 11.9 Å². The first-order chi connectivity index (χ1) is 14.6. The van der Waals surface area contributed by atoms with Crippen LogP contribution in [-0.4, -0.2) is 80.4 Å². The van der Waals surface area contributed by atoms with E-state index in [1.54, 1.807) is 0 Å². The number of ether oxygens (including phenoxy) is 1. The Kier molecular flexibility index (Phi) is 6.40. The van der Waals surface area contributed by atoms with Crippen molar-refractivity contribution >= 4 is 51.8 Å². The SMILES string of the molecule is CON=C(C(=O)NC1C(O)N2C(C(=O)O)=C(COC(C)=O)CSC12N)c1csc(N)n1. The van der Waals surface area contributed by atoms with E-state index >= 15 is 0 Å². The number of thioether (sulfide) groups is 1. The van der Waals surface area contributed by atoms with Crippen molar-refractivity contribution in [2.45, 2.75) is 24.2 Å². The molecule has 1 aromatic heterocycles. The number of nitrogen functional groups attached to an aromatic ring is 1. The smallest absolute Gasteiger partial charge is 0.352 e. The van der Waals surface area contributed by atoms with Crippen LogP contribution >= 0.6 is 23.1 Å². The van der Waals surface area contributed by atoms with Crippen molar-refractivity contribution in [3.8, 4) is 0 Å². The highest BCUT2D eigenvalue weighted by atomic mass is 32.2. The number of aliphatic hydroxyl groups excluding tert-OH is 1. The number of nitrogens with zero attached hydrogens (tertiary/aromatic N) is 3. The van der Waals surface area contributed by atoms with Gasteiger partial charge in [-0.3, -0.25) is 15.3 Å². The molecule has 2 aliphatic heterocycles. The Morgan fingerprint density at radius 1 is 1.48 bits per heavy atom. The molecule has 13 nitrogen and oxygen atoms in total. The van der Waals surface area contributed by atoms with E-state index in [2.05, 4.69) is 15.5 Å². The summed E-state index contributed by atoms with van der Waals surface area (Å²) in [5, 5.41) is 28.2. The standard InChI is InChI=1S/C16H20N6O7S2/c1-6(23)29-3-7-4-31-16(18)11(13(25)22(16)10(7)14(26)27)20-12(24)9(21-28-2)8-5-30-15(17)19-8/h5,11,13,25H,3-4,18H2,1-2H3,(H2,17,19)(H,20,24)(H,26,27). The van der Waals surface area contributed by atoms with Gasteiger partial charge in [0.15, 0.2) is 22.1 Å². The molecule has 3 heterocycles. The van der Waals surface area contributed by atoms with Gasteiger partial charge in [-0.15, -0.1) is 23.1 Å². The molecular formula is C16H20N6O7S2. The summed E-state index contributed by atoms with van der Waals surface area (Å²) in [5.74, 6) is -2.55. The maximum Gasteiger partial charge on any atom is 0.352 e. The highest BCUT2D eigenvalue weighted by Gasteiger charge is 2.63. The molecule has 1 fully saturated rings. The normalized spacial score (nSPS) is 25.4. The first-order valence-electron chi connectivity index (χ1n) is 8.72. The van der Waals surface area contributed by atoms with Crippen LogP contribution in [0.5, 0.6) is 0 Å². The molecule has 15 heteroatoms. The van der Waals surface area contributed by atoms with Crippen molar-refractivity contribution in [2.75, 3.05) is 25.2 Å². The van der Waals surface area contributed by atoms with E-state index in [1.165, 1.54) is 19.4 Å². The molecule has 0 aromatic carbocycles. The third-order valence-electron chi connectivity index (χ3n) is 4.54. The van der Waals surface area contributed by atoms with Crippen LogP contribution in [0.4, 0.5) is 5.13 Å². The Hall–Kier alpha value is -2.88. The van der Waals surface area contributed by atoms with E-state index in [1.807, 2.05) is 0 Å². The number of amides is 1. The van der Waals surface area contributed by atoms with Crippen LogP contribution in [0, 0.1) is 0 Å². The first-order valence-corrected chi connectivity index (χ1v) is 10.6. The second-order valence-electron chi connectivity index (χ2n) is 6.51. The van der Waals surface area contributed by atoms with Gasteiger partial charge in [0.05, 0.1) is 0 Å². The maximum absolute atomic E-state index is 12.8. The Morgan fingerprint density at radius 3 is 2.74 bits per heavy atom. The maximum atomic E-state index is 12.8. The highest BCUT2D eigenvalue weighted by Crippen LogP contribution is 2.48. The van der Waals surface area contributed by atoms with E-state index in [0.717, 1.165) is 28.0 Å². The number of esters is 1. The van der Waals surface area contributed by atoms with Crippen LogP contribution in [0.3, 0.4) is 0 Å². The van der Waals surface area contributed by atoms with E-state index in [0.29, 0.717) is 0 Å². The summed E-state index contributed by atoms with van der Waals surface area (Å²) in [4.78, 5) is 44.0. The van der Waals surface area contributed by atoms with Crippen LogP contribution in [0.25, 0.3) is 0 Å². The number of nitrogens with two attached hydrogens (primary N) is 2. The van der Waals surface area contributed by atoms with Gasteiger partial charge < -0.3 is 35.7 Å². The molecule has 0 saturated carbocycles. The molecule has 1 saturated heterocycles. The summed E-state index contributed by atoms with van der Waals surface area (Å²) in [7, 11) is 1.25. The van der Waals surface area contributed by atoms with Crippen molar-refractivity contribution in [2.24, 2.45) is 10.9 Å². The van der Waals surface area contributed by atoms with E-state index in [9.17, 15) is 24.6 Å².